The van der Waals surface area contributed by atoms with Crippen molar-refractivity contribution < 1.29 is 35.7 Å². The van der Waals surface area contributed by atoms with Gasteiger partial charge in [0.1, 0.15) is 6.04 Å². The first-order valence-electron chi connectivity index (χ1n) is 8.05. The summed E-state index contributed by atoms with van der Waals surface area (Å²) >= 11 is 0. The lowest BCUT2D eigenvalue weighted by atomic mass is 9.61. The van der Waals surface area contributed by atoms with Gasteiger partial charge in [0.25, 0.3) is 0 Å². The second kappa shape index (κ2) is 6.44. The zero-order chi connectivity index (χ0) is 16.0. The van der Waals surface area contributed by atoms with Crippen LogP contribution in [0.3, 0.4) is 0 Å². The highest BCUT2D eigenvalue weighted by Crippen LogP contribution is 2.50. The fourth-order valence-corrected chi connectivity index (χ4v) is 4.39. The average molecular weight is 384 g/mol. The predicted octanol–water partition coefficient (Wildman–Crippen LogP) is -0.453. The van der Waals surface area contributed by atoms with Crippen LogP contribution in [0.5, 0.6) is 11.5 Å². The number of nitrogens with zero attached hydrogens (tertiary/aromatic N) is 1. The molecule has 1 aliphatic heterocycles. The van der Waals surface area contributed by atoms with Gasteiger partial charge in [-0.3, -0.25) is 4.79 Å². The first-order chi connectivity index (χ1) is 10.5. The Morgan fingerprint density at radius 2 is 1.91 bits per heavy atom. The number of hydrogen-bond acceptors (Lipinski definition) is 3. The van der Waals surface area contributed by atoms with Gasteiger partial charge in [0.15, 0.2) is 11.5 Å². The largest absolute Gasteiger partial charge is 1.00 e. The van der Waals surface area contributed by atoms with Crippen molar-refractivity contribution in [1.82, 2.24) is 0 Å². The van der Waals surface area contributed by atoms with Crippen LogP contribution in [-0.2, 0) is 10.2 Å². The van der Waals surface area contributed by atoms with Gasteiger partial charge in [0.2, 0.25) is 5.78 Å². The van der Waals surface area contributed by atoms with Crippen LogP contribution in [0.15, 0.2) is 18.2 Å². The molecule has 0 unspecified atom stereocenters. The Labute approximate surface area is 149 Å². The fourth-order valence-electron chi connectivity index (χ4n) is 4.39. The number of piperidine rings is 1. The van der Waals surface area contributed by atoms with E-state index >= 15 is 0 Å². The minimum atomic E-state index is -0.392. The Morgan fingerprint density at radius 1 is 1.17 bits per heavy atom. The predicted molar refractivity (Wildman–Crippen MR) is 85.5 cm³/mol. The molecule has 5 heteroatoms. The third kappa shape index (κ3) is 2.68. The highest BCUT2D eigenvalue weighted by atomic mass is 79.9. The first kappa shape index (κ1) is 18.3. The number of carbonyl (C=O) groups excluding carboxylic acids is 1. The summed E-state index contributed by atoms with van der Waals surface area (Å²) in [6, 6.07) is 6.02. The number of halogens is 1. The van der Waals surface area contributed by atoms with Crippen LogP contribution in [0.4, 0.5) is 0 Å². The molecule has 23 heavy (non-hydrogen) atoms. The number of benzene rings is 1. The number of ether oxygens (including phenoxy) is 2. The number of fused-ring (bicyclic) bond motifs is 2. The number of likely N-dealkylation sites (N-methyl/N-ethyl adjacent to an activating group) is 1. The van der Waals surface area contributed by atoms with Gasteiger partial charge in [-0.05, 0) is 18.9 Å². The van der Waals surface area contributed by atoms with Gasteiger partial charge >= 0.3 is 0 Å². The van der Waals surface area contributed by atoms with E-state index < -0.39 is 5.41 Å². The lowest BCUT2D eigenvalue weighted by molar-refractivity contribution is -0.910. The van der Waals surface area contributed by atoms with Crippen LogP contribution in [0.25, 0.3) is 0 Å². The summed E-state index contributed by atoms with van der Waals surface area (Å²) in [5.41, 5.74) is 0.625. The highest BCUT2D eigenvalue weighted by molar-refractivity contribution is 5.95. The molecule has 4 nitrogen and oxygen atoms in total. The van der Waals surface area contributed by atoms with Gasteiger partial charge in [-0.15, -0.1) is 0 Å². The Morgan fingerprint density at radius 3 is 2.57 bits per heavy atom. The maximum absolute atomic E-state index is 13.3. The van der Waals surface area contributed by atoms with Crippen LogP contribution in [-0.4, -0.2) is 51.2 Å². The van der Waals surface area contributed by atoms with Crippen molar-refractivity contribution in [3.8, 4) is 11.5 Å². The van der Waals surface area contributed by atoms with Crippen LogP contribution in [0.2, 0.25) is 0 Å². The second-order valence-electron chi connectivity index (χ2n) is 7.15. The number of para-hydroxylation sites is 1. The van der Waals surface area contributed by atoms with Crippen molar-refractivity contribution in [2.24, 2.45) is 0 Å². The van der Waals surface area contributed by atoms with Gasteiger partial charge < -0.3 is 30.9 Å². The molecule has 1 saturated carbocycles. The standard InChI is InChI=1S/C18H26NO3.BrH/c1-19(2)12-11-18(10-6-8-14(19)17(18)20)13-7-5-9-15(21-3)16(13)22-4;/h5,7,9,14H,6,8,10-12H2,1-4H3;1H/q+1;/p-1/t14-,18-;/m0./s1. The van der Waals surface area contributed by atoms with Crippen LogP contribution in [0, 0.1) is 0 Å². The maximum atomic E-state index is 13.3. The highest BCUT2D eigenvalue weighted by Gasteiger charge is 2.56. The Bertz CT molecular complexity index is 602. The summed E-state index contributed by atoms with van der Waals surface area (Å²) in [5.74, 6) is 1.83. The molecule has 3 rings (SSSR count). The summed E-state index contributed by atoms with van der Waals surface area (Å²) in [6.45, 7) is 1.02. The summed E-state index contributed by atoms with van der Waals surface area (Å²) in [5, 5.41) is 0. The summed E-state index contributed by atoms with van der Waals surface area (Å²) in [4.78, 5) is 13.3. The number of hydrogen-bond donors (Lipinski definition) is 0. The van der Waals surface area contributed by atoms with Crippen LogP contribution in [0.1, 0.15) is 31.2 Å². The zero-order valence-electron chi connectivity index (χ0n) is 14.4. The Kier molecular flexibility index (Phi) is 5.12. The minimum absolute atomic E-state index is 0. The number of ketones is 1. The van der Waals surface area contributed by atoms with E-state index in [1.54, 1.807) is 14.2 Å². The number of rotatable bonds is 3. The van der Waals surface area contributed by atoms with Gasteiger partial charge in [-0.1, -0.05) is 12.1 Å². The van der Waals surface area contributed by atoms with Gasteiger partial charge in [0.05, 0.1) is 40.3 Å². The van der Waals surface area contributed by atoms with Gasteiger partial charge in [-0.2, -0.15) is 0 Å². The van der Waals surface area contributed by atoms with Crippen molar-refractivity contribution in [1.29, 1.82) is 0 Å². The number of Topliss-reactive ketones (excluding diaryl/α,β-unsaturated/α-hetero) is 1. The molecule has 0 spiro atoms. The van der Waals surface area contributed by atoms with Gasteiger partial charge in [-0.25, -0.2) is 0 Å². The summed E-state index contributed by atoms with van der Waals surface area (Å²) in [6.07, 6.45) is 3.91. The lowest BCUT2D eigenvalue weighted by Crippen LogP contribution is -3.00. The Balaban J connectivity index is 0.00000192. The smallest absolute Gasteiger partial charge is 0.200 e. The number of methoxy groups -OCH3 is 2. The van der Waals surface area contributed by atoms with Crippen molar-refractivity contribution in [3.05, 3.63) is 23.8 Å². The molecular weight excluding hydrogens is 358 g/mol. The third-order valence-corrected chi connectivity index (χ3v) is 5.73. The van der Waals surface area contributed by atoms with E-state index in [1.165, 1.54) is 0 Å². The van der Waals surface area contributed by atoms with Crippen molar-refractivity contribution in [2.75, 3.05) is 34.9 Å². The molecule has 1 aromatic carbocycles. The van der Waals surface area contributed by atoms with E-state index in [2.05, 4.69) is 14.1 Å². The average Bonchev–Trinajstić information content (AvgIpc) is 2.51. The molecule has 1 aliphatic carbocycles. The topological polar surface area (TPSA) is 35.5 Å². The lowest BCUT2D eigenvalue weighted by Gasteiger charge is -2.51. The molecule has 1 aromatic rings. The fraction of sp³-hybridized carbons (Fsp3) is 0.611. The molecule has 2 bridgehead atoms. The van der Waals surface area contributed by atoms with E-state index in [9.17, 15) is 4.79 Å². The van der Waals surface area contributed by atoms with Crippen molar-refractivity contribution in [3.63, 3.8) is 0 Å². The van der Waals surface area contributed by atoms with E-state index in [4.69, 9.17) is 9.47 Å². The Hall–Kier alpha value is -1.07. The number of carbonyl (C=O) groups is 1. The molecule has 128 valence electrons. The summed E-state index contributed by atoms with van der Waals surface area (Å²) < 4.78 is 11.9. The maximum Gasteiger partial charge on any atom is 0.200 e. The molecule has 2 fully saturated rings. The third-order valence-electron chi connectivity index (χ3n) is 5.73. The molecule has 1 saturated heterocycles. The zero-order valence-corrected chi connectivity index (χ0v) is 16.0. The molecular formula is C18H26BrNO3. The number of likely N-dealkylation sites (tertiary alicyclic amines) is 1. The molecule has 1 heterocycles. The quantitative estimate of drug-likeness (QED) is 0.663. The summed E-state index contributed by atoms with van der Waals surface area (Å²) in [7, 11) is 7.67. The molecule has 0 N–H and O–H groups in total. The van der Waals surface area contributed by atoms with Crippen molar-refractivity contribution in [2.45, 2.75) is 37.1 Å². The normalized spacial score (nSPS) is 28.7. The SMILES string of the molecule is COc1cccc([C@@]23CCC[C@@H](C2=O)[N+](C)(C)CC3)c1OC.[Br-]. The number of quaternary nitrogens is 1. The first-order valence-corrected chi connectivity index (χ1v) is 8.05. The molecule has 2 atom stereocenters. The van der Waals surface area contributed by atoms with E-state index in [0.29, 0.717) is 11.5 Å². The second-order valence-corrected chi connectivity index (χ2v) is 7.15. The monoisotopic (exact) mass is 383 g/mol. The molecule has 0 radical (unpaired) electrons. The molecule has 0 aromatic heterocycles. The van der Waals surface area contributed by atoms with Crippen LogP contribution >= 0.6 is 0 Å². The van der Waals surface area contributed by atoms with E-state index in [1.807, 2.05) is 18.2 Å². The minimum Gasteiger partial charge on any atom is -1.00 e. The molecule has 2 aliphatic rings. The molecule has 0 amide bonds. The van der Waals surface area contributed by atoms with Crippen LogP contribution < -0.4 is 26.5 Å². The van der Waals surface area contributed by atoms with E-state index in [0.717, 1.165) is 48.0 Å². The van der Waals surface area contributed by atoms with Crippen molar-refractivity contribution >= 4 is 5.78 Å². The van der Waals surface area contributed by atoms with Gasteiger partial charge in [0, 0.05) is 18.4 Å². The van der Waals surface area contributed by atoms with E-state index in [-0.39, 0.29) is 23.0 Å².